The summed E-state index contributed by atoms with van der Waals surface area (Å²) in [5.41, 5.74) is 3.18. The van der Waals surface area contributed by atoms with Gasteiger partial charge in [0.25, 0.3) is 0 Å². The summed E-state index contributed by atoms with van der Waals surface area (Å²) in [6, 6.07) is 21.5. The maximum atomic E-state index is 5.62. The molecule has 0 saturated carbocycles. The molecular weight excluding hydrogens is 501 g/mol. The third-order valence-electron chi connectivity index (χ3n) is 5.51. The monoisotopic (exact) mass is 531 g/mol. The van der Waals surface area contributed by atoms with Crippen LogP contribution in [0.2, 0.25) is 0 Å². The highest BCUT2D eigenvalue weighted by Crippen LogP contribution is 2.20. The molecule has 1 aromatic heterocycles. The number of halogens is 1. The third kappa shape index (κ3) is 6.30. The molecule has 0 radical (unpaired) electrons. The van der Waals surface area contributed by atoms with Gasteiger partial charge in [0.2, 0.25) is 5.89 Å². The van der Waals surface area contributed by atoms with E-state index in [2.05, 4.69) is 62.8 Å². The second-order valence-electron chi connectivity index (χ2n) is 7.78. The van der Waals surface area contributed by atoms with Gasteiger partial charge in [0.05, 0.1) is 12.2 Å². The zero-order valence-corrected chi connectivity index (χ0v) is 20.3. The highest BCUT2D eigenvalue weighted by Gasteiger charge is 2.29. The minimum atomic E-state index is 0. The van der Waals surface area contributed by atoms with Gasteiger partial charge in [0, 0.05) is 37.8 Å². The molecule has 0 spiro atoms. The molecule has 31 heavy (non-hydrogen) atoms. The molecule has 0 bridgehead atoms. The van der Waals surface area contributed by atoms with Gasteiger partial charge in [-0.3, -0.25) is 9.89 Å². The fourth-order valence-corrected chi connectivity index (χ4v) is 3.91. The van der Waals surface area contributed by atoms with Crippen LogP contribution in [0, 0.1) is 0 Å². The van der Waals surface area contributed by atoms with Crippen LogP contribution in [-0.2, 0) is 13.1 Å². The summed E-state index contributed by atoms with van der Waals surface area (Å²) in [6.45, 7) is 4.83. The first-order chi connectivity index (χ1) is 14.7. The van der Waals surface area contributed by atoms with Crippen molar-refractivity contribution >= 4 is 29.9 Å². The van der Waals surface area contributed by atoms with Gasteiger partial charge in [-0.15, -0.1) is 24.0 Å². The average Bonchev–Trinajstić information content (AvgIpc) is 3.39. The van der Waals surface area contributed by atoms with Crippen LogP contribution < -0.4 is 10.6 Å². The van der Waals surface area contributed by atoms with E-state index >= 15 is 0 Å². The summed E-state index contributed by atoms with van der Waals surface area (Å²) in [5.74, 6) is 1.43. The van der Waals surface area contributed by atoms with Crippen molar-refractivity contribution in [1.29, 1.82) is 0 Å². The number of hydrogen-bond acceptors (Lipinski definition) is 4. The molecule has 0 aliphatic carbocycles. The summed E-state index contributed by atoms with van der Waals surface area (Å²) in [4.78, 5) is 11.5. The quantitative estimate of drug-likeness (QED) is 0.283. The minimum Gasteiger partial charge on any atom is -0.444 e. The zero-order chi connectivity index (χ0) is 20.8. The second kappa shape index (κ2) is 11.3. The van der Waals surface area contributed by atoms with Gasteiger partial charge < -0.3 is 15.1 Å². The molecule has 2 heterocycles. The van der Waals surface area contributed by atoms with Crippen molar-refractivity contribution in [3.8, 4) is 11.5 Å². The topological polar surface area (TPSA) is 65.7 Å². The van der Waals surface area contributed by atoms with E-state index in [1.807, 2.05) is 30.3 Å². The highest BCUT2D eigenvalue weighted by atomic mass is 127. The molecule has 1 aliphatic heterocycles. The van der Waals surface area contributed by atoms with Crippen LogP contribution in [-0.4, -0.2) is 41.5 Å². The number of benzene rings is 2. The van der Waals surface area contributed by atoms with Gasteiger partial charge in [-0.1, -0.05) is 48.5 Å². The Labute approximate surface area is 201 Å². The molecule has 2 atom stereocenters. The van der Waals surface area contributed by atoms with E-state index in [9.17, 15) is 0 Å². The average molecular weight is 531 g/mol. The molecule has 2 aromatic carbocycles. The summed E-state index contributed by atoms with van der Waals surface area (Å²) < 4.78 is 5.62. The number of hydrogen-bond donors (Lipinski definition) is 2. The van der Waals surface area contributed by atoms with Gasteiger partial charge in [0.1, 0.15) is 6.26 Å². The Morgan fingerprint density at radius 2 is 1.84 bits per heavy atom. The van der Waals surface area contributed by atoms with Crippen molar-refractivity contribution < 1.29 is 4.42 Å². The van der Waals surface area contributed by atoms with E-state index in [4.69, 9.17) is 4.42 Å². The van der Waals surface area contributed by atoms with E-state index in [1.165, 1.54) is 5.56 Å². The largest absolute Gasteiger partial charge is 0.444 e. The fraction of sp³-hybridized carbons (Fsp3) is 0.333. The second-order valence-corrected chi connectivity index (χ2v) is 7.78. The van der Waals surface area contributed by atoms with Crippen LogP contribution in [0.1, 0.15) is 24.6 Å². The maximum Gasteiger partial charge on any atom is 0.226 e. The lowest BCUT2D eigenvalue weighted by Gasteiger charge is -2.21. The molecule has 4 rings (SSSR count). The molecule has 1 saturated heterocycles. The number of likely N-dealkylation sites (tertiary alicyclic amines) is 1. The van der Waals surface area contributed by atoms with Crippen molar-refractivity contribution in [2.45, 2.75) is 38.5 Å². The van der Waals surface area contributed by atoms with Gasteiger partial charge in [0.15, 0.2) is 5.96 Å². The lowest BCUT2D eigenvalue weighted by atomic mass is 10.2. The van der Waals surface area contributed by atoms with E-state index < -0.39 is 0 Å². The predicted octanol–water partition coefficient (Wildman–Crippen LogP) is 4.29. The van der Waals surface area contributed by atoms with Crippen LogP contribution in [0.5, 0.6) is 0 Å². The molecule has 7 heteroatoms. The lowest BCUT2D eigenvalue weighted by molar-refractivity contribution is 0.258. The van der Waals surface area contributed by atoms with Gasteiger partial charge in [-0.05, 0) is 31.0 Å². The Balaban J connectivity index is 0.00000272. The standard InChI is InChI=1S/C24H29N5O.HI/c1-18-13-21(16-29(18)15-19-9-5-3-6-10-19)28-24(25-2)26-14-22-17-30-23(27-22)20-11-7-4-8-12-20;/h3-12,17-18,21H,13-16H2,1-2H3,(H2,25,26,28);1H. The van der Waals surface area contributed by atoms with Crippen LogP contribution in [0.4, 0.5) is 0 Å². The van der Waals surface area contributed by atoms with Gasteiger partial charge >= 0.3 is 0 Å². The van der Waals surface area contributed by atoms with Crippen molar-refractivity contribution in [2.75, 3.05) is 13.6 Å². The Morgan fingerprint density at radius 3 is 2.55 bits per heavy atom. The zero-order valence-electron chi connectivity index (χ0n) is 18.0. The molecule has 164 valence electrons. The fourth-order valence-electron chi connectivity index (χ4n) is 3.91. The highest BCUT2D eigenvalue weighted by molar-refractivity contribution is 14.0. The first kappa shape index (κ1) is 23.3. The molecule has 1 fully saturated rings. The van der Waals surface area contributed by atoms with E-state index in [-0.39, 0.29) is 24.0 Å². The molecule has 0 amide bonds. The first-order valence-corrected chi connectivity index (χ1v) is 10.5. The van der Waals surface area contributed by atoms with Crippen molar-refractivity contribution in [2.24, 2.45) is 4.99 Å². The number of rotatable bonds is 6. The number of aliphatic imine (C=N–C) groups is 1. The molecule has 2 N–H and O–H groups in total. The Morgan fingerprint density at radius 1 is 1.13 bits per heavy atom. The van der Waals surface area contributed by atoms with E-state index in [1.54, 1.807) is 13.3 Å². The van der Waals surface area contributed by atoms with Crippen LogP contribution in [0.15, 0.2) is 76.3 Å². The number of aromatic nitrogens is 1. The van der Waals surface area contributed by atoms with E-state index in [0.717, 1.165) is 36.7 Å². The maximum absolute atomic E-state index is 5.62. The number of nitrogens with zero attached hydrogens (tertiary/aromatic N) is 3. The predicted molar refractivity (Wildman–Crippen MR) is 135 cm³/mol. The summed E-state index contributed by atoms with van der Waals surface area (Å²) in [5, 5.41) is 6.91. The van der Waals surface area contributed by atoms with Gasteiger partial charge in [-0.2, -0.15) is 0 Å². The van der Waals surface area contributed by atoms with Crippen molar-refractivity contribution in [3.63, 3.8) is 0 Å². The van der Waals surface area contributed by atoms with Gasteiger partial charge in [-0.25, -0.2) is 4.98 Å². The lowest BCUT2D eigenvalue weighted by Crippen LogP contribution is -2.44. The summed E-state index contributed by atoms with van der Waals surface area (Å²) in [6.07, 6.45) is 2.79. The van der Waals surface area contributed by atoms with Crippen molar-refractivity contribution in [1.82, 2.24) is 20.5 Å². The Hall–Kier alpha value is -2.39. The molecule has 1 aliphatic rings. The number of guanidine groups is 1. The SMILES string of the molecule is CN=C(NCc1coc(-c2ccccc2)n1)NC1CC(C)N(Cc2ccccc2)C1.I. The Bertz CT molecular complexity index is 960. The Kier molecular flexibility index (Phi) is 8.48. The summed E-state index contributed by atoms with van der Waals surface area (Å²) >= 11 is 0. The normalized spacial score (nSPS) is 19.1. The van der Waals surface area contributed by atoms with Crippen LogP contribution in [0.3, 0.4) is 0 Å². The first-order valence-electron chi connectivity index (χ1n) is 10.5. The molecule has 6 nitrogen and oxygen atoms in total. The molecular formula is C24H30IN5O. The van der Waals surface area contributed by atoms with Crippen molar-refractivity contribution in [3.05, 3.63) is 78.2 Å². The number of oxazole rings is 1. The van der Waals surface area contributed by atoms with E-state index in [0.29, 0.717) is 24.5 Å². The minimum absolute atomic E-state index is 0. The summed E-state index contributed by atoms with van der Waals surface area (Å²) in [7, 11) is 1.80. The third-order valence-corrected chi connectivity index (χ3v) is 5.51. The molecule has 2 unspecified atom stereocenters. The number of nitrogens with one attached hydrogen (secondary N) is 2. The molecule has 3 aromatic rings. The van der Waals surface area contributed by atoms with Crippen LogP contribution >= 0.6 is 24.0 Å². The smallest absolute Gasteiger partial charge is 0.226 e. The van der Waals surface area contributed by atoms with Crippen LogP contribution in [0.25, 0.3) is 11.5 Å².